The maximum absolute atomic E-state index is 13.4. The Balaban J connectivity index is 1.33. The Labute approximate surface area is 210 Å². The molecule has 1 aliphatic rings. The number of rotatable bonds is 6. The molecule has 180 valence electrons. The van der Waals surface area contributed by atoms with Gasteiger partial charge in [-0.05, 0) is 35.9 Å². The van der Waals surface area contributed by atoms with Crippen molar-refractivity contribution in [3.8, 4) is 0 Å². The lowest BCUT2D eigenvalue weighted by Crippen LogP contribution is -2.49. The van der Waals surface area contributed by atoms with Gasteiger partial charge in [-0.2, -0.15) is 0 Å². The molecule has 35 heavy (non-hydrogen) atoms. The molecule has 0 spiro atoms. The molecule has 1 fully saturated rings. The number of hydrogen-bond donors (Lipinski definition) is 0. The van der Waals surface area contributed by atoms with Gasteiger partial charge in [0.15, 0.2) is 0 Å². The first-order valence-corrected chi connectivity index (χ1v) is 13.4. The Morgan fingerprint density at radius 3 is 2.20 bits per heavy atom. The number of benzene rings is 3. The van der Waals surface area contributed by atoms with Crippen LogP contribution in [0.4, 0.5) is 0 Å². The fourth-order valence-corrected chi connectivity index (χ4v) is 6.14. The summed E-state index contributed by atoms with van der Waals surface area (Å²) in [6.07, 6.45) is 1.58. The minimum absolute atomic E-state index is 0.0134. The molecule has 1 aromatic heterocycles. The van der Waals surface area contributed by atoms with Crippen molar-refractivity contribution in [1.29, 1.82) is 0 Å². The van der Waals surface area contributed by atoms with Crippen LogP contribution in [0.1, 0.15) is 5.56 Å². The summed E-state index contributed by atoms with van der Waals surface area (Å²) in [5.74, 6) is -0.0134. The second-order valence-corrected chi connectivity index (χ2v) is 11.1. The Morgan fingerprint density at radius 2 is 1.49 bits per heavy atom. The van der Waals surface area contributed by atoms with Gasteiger partial charge in [0, 0.05) is 54.8 Å². The standard InChI is InChI=1S/C27H26ClN3O3S/c28-22-10-12-23(13-11-22)35(33,34)26-19-31(25-9-5-4-8-24(25)26)20-27(32)30-16-14-29(15-17-30)18-21-6-2-1-3-7-21/h1-13,19H,14-18,20H2. The fourth-order valence-electron chi connectivity index (χ4n) is 4.54. The maximum Gasteiger partial charge on any atom is 0.242 e. The number of sulfone groups is 1. The van der Waals surface area contributed by atoms with Crippen LogP contribution in [-0.2, 0) is 27.7 Å². The maximum atomic E-state index is 13.4. The molecular formula is C27H26ClN3O3S. The molecule has 0 radical (unpaired) electrons. The van der Waals surface area contributed by atoms with Crippen LogP contribution in [0.15, 0.2) is 94.9 Å². The quantitative estimate of drug-likeness (QED) is 0.386. The van der Waals surface area contributed by atoms with Crippen molar-refractivity contribution in [2.75, 3.05) is 26.2 Å². The fraction of sp³-hybridized carbons (Fsp3) is 0.222. The Hall–Kier alpha value is -3.13. The highest BCUT2D eigenvalue weighted by Gasteiger charge is 2.26. The van der Waals surface area contributed by atoms with Crippen molar-refractivity contribution >= 4 is 38.2 Å². The van der Waals surface area contributed by atoms with E-state index in [1.807, 2.05) is 35.2 Å². The van der Waals surface area contributed by atoms with Gasteiger partial charge in [-0.15, -0.1) is 0 Å². The van der Waals surface area contributed by atoms with E-state index in [4.69, 9.17) is 11.6 Å². The van der Waals surface area contributed by atoms with Crippen molar-refractivity contribution in [2.24, 2.45) is 0 Å². The number of carbonyl (C=O) groups excluding carboxylic acids is 1. The molecule has 1 aliphatic heterocycles. The highest BCUT2D eigenvalue weighted by molar-refractivity contribution is 7.91. The zero-order chi connectivity index (χ0) is 24.4. The van der Waals surface area contributed by atoms with E-state index in [1.165, 1.54) is 17.7 Å². The lowest BCUT2D eigenvalue weighted by molar-refractivity contribution is -0.133. The van der Waals surface area contributed by atoms with Crippen LogP contribution in [0.25, 0.3) is 10.9 Å². The van der Waals surface area contributed by atoms with Gasteiger partial charge in [0.05, 0.1) is 9.79 Å². The van der Waals surface area contributed by atoms with Gasteiger partial charge in [-0.3, -0.25) is 9.69 Å². The first-order chi connectivity index (χ1) is 16.9. The van der Waals surface area contributed by atoms with E-state index < -0.39 is 9.84 Å². The van der Waals surface area contributed by atoms with Crippen molar-refractivity contribution in [1.82, 2.24) is 14.4 Å². The summed E-state index contributed by atoms with van der Waals surface area (Å²) in [7, 11) is -3.77. The van der Waals surface area contributed by atoms with Gasteiger partial charge >= 0.3 is 0 Å². The lowest BCUT2D eigenvalue weighted by Gasteiger charge is -2.35. The number of halogens is 1. The zero-order valence-electron chi connectivity index (χ0n) is 19.2. The molecule has 5 rings (SSSR count). The molecule has 0 unspecified atom stereocenters. The summed E-state index contributed by atoms with van der Waals surface area (Å²) < 4.78 is 28.5. The van der Waals surface area contributed by atoms with Crippen molar-refractivity contribution in [2.45, 2.75) is 22.9 Å². The number of aromatic nitrogens is 1. The smallest absolute Gasteiger partial charge is 0.242 e. The topological polar surface area (TPSA) is 62.6 Å². The molecule has 2 heterocycles. The molecule has 0 aliphatic carbocycles. The second-order valence-electron chi connectivity index (χ2n) is 8.74. The van der Waals surface area contributed by atoms with Crippen LogP contribution in [0, 0.1) is 0 Å². The second kappa shape index (κ2) is 9.85. The molecule has 0 bridgehead atoms. The lowest BCUT2D eigenvalue weighted by atomic mass is 10.2. The van der Waals surface area contributed by atoms with Gasteiger partial charge in [0.25, 0.3) is 0 Å². The average molecular weight is 508 g/mol. The van der Waals surface area contributed by atoms with E-state index >= 15 is 0 Å². The Morgan fingerprint density at radius 1 is 0.829 bits per heavy atom. The summed E-state index contributed by atoms with van der Waals surface area (Å²) in [6, 6.07) is 23.7. The summed E-state index contributed by atoms with van der Waals surface area (Å²) in [4.78, 5) is 17.7. The van der Waals surface area contributed by atoms with E-state index in [9.17, 15) is 13.2 Å². The van der Waals surface area contributed by atoms with Crippen molar-refractivity contribution in [3.05, 3.63) is 95.6 Å². The number of carbonyl (C=O) groups is 1. The monoisotopic (exact) mass is 507 g/mol. The first kappa shape index (κ1) is 23.6. The largest absolute Gasteiger partial charge is 0.339 e. The summed E-state index contributed by atoms with van der Waals surface area (Å²) >= 11 is 5.94. The Bertz CT molecular complexity index is 1440. The third-order valence-electron chi connectivity index (χ3n) is 6.45. The zero-order valence-corrected chi connectivity index (χ0v) is 20.8. The molecule has 6 nitrogen and oxygen atoms in total. The van der Waals surface area contributed by atoms with E-state index in [1.54, 1.807) is 35.0 Å². The number of nitrogens with zero attached hydrogens (tertiary/aromatic N) is 3. The van der Waals surface area contributed by atoms with Gasteiger partial charge in [-0.1, -0.05) is 60.1 Å². The predicted molar refractivity (Wildman–Crippen MR) is 137 cm³/mol. The van der Waals surface area contributed by atoms with E-state index in [2.05, 4.69) is 17.0 Å². The molecule has 4 aromatic rings. The van der Waals surface area contributed by atoms with Crippen LogP contribution < -0.4 is 0 Å². The van der Waals surface area contributed by atoms with Crippen LogP contribution in [0.2, 0.25) is 5.02 Å². The summed E-state index contributed by atoms with van der Waals surface area (Å²) in [6.45, 7) is 3.89. The minimum atomic E-state index is -3.77. The number of para-hydroxylation sites is 1. The van der Waals surface area contributed by atoms with Gasteiger partial charge in [0.2, 0.25) is 15.7 Å². The third-order valence-corrected chi connectivity index (χ3v) is 8.49. The van der Waals surface area contributed by atoms with Crippen LogP contribution in [-0.4, -0.2) is 54.9 Å². The summed E-state index contributed by atoms with van der Waals surface area (Å²) in [5.41, 5.74) is 1.98. The highest BCUT2D eigenvalue weighted by Crippen LogP contribution is 2.31. The molecule has 0 saturated carbocycles. The van der Waals surface area contributed by atoms with E-state index in [0.717, 1.165) is 25.2 Å². The average Bonchev–Trinajstić information content (AvgIpc) is 3.24. The van der Waals surface area contributed by atoms with Gasteiger partial charge in [0.1, 0.15) is 6.54 Å². The molecule has 8 heteroatoms. The molecule has 0 N–H and O–H groups in total. The number of fused-ring (bicyclic) bond motifs is 1. The molecular weight excluding hydrogens is 482 g/mol. The predicted octanol–water partition coefficient (Wildman–Crippen LogP) is 4.47. The van der Waals surface area contributed by atoms with Crippen LogP contribution in [0.3, 0.4) is 0 Å². The minimum Gasteiger partial charge on any atom is -0.339 e. The van der Waals surface area contributed by atoms with Crippen LogP contribution in [0.5, 0.6) is 0 Å². The summed E-state index contributed by atoms with van der Waals surface area (Å²) in [5, 5.41) is 1.07. The van der Waals surface area contributed by atoms with Gasteiger partial charge in [-0.25, -0.2) is 8.42 Å². The normalized spacial score (nSPS) is 14.9. The third kappa shape index (κ3) is 4.98. The van der Waals surface area contributed by atoms with Crippen molar-refractivity contribution in [3.63, 3.8) is 0 Å². The first-order valence-electron chi connectivity index (χ1n) is 11.5. The number of hydrogen-bond acceptors (Lipinski definition) is 4. The SMILES string of the molecule is O=C(Cn1cc(S(=O)(=O)c2ccc(Cl)cc2)c2ccccc21)N1CCN(Cc2ccccc2)CC1. The van der Waals surface area contributed by atoms with E-state index in [0.29, 0.717) is 23.5 Å². The van der Waals surface area contributed by atoms with Gasteiger partial charge < -0.3 is 9.47 Å². The van der Waals surface area contributed by atoms with Crippen molar-refractivity contribution < 1.29 is 13.2 Å². The van der Waals surface area contributed by atoms with Crippen LogP contribution >= 0.6 is 11.6 Å². The Kier molecular flexibility index (Phi) is 6.65. The molecule has 3 aromatic carbocycles. The highest BCUT2D eigenvalue weighted by atomic mass is 35.5. The molecule has 0 atom stereocenters. The molecule has 1 amide bonds. The molecule has 1 saturated heterocycles. The number of piperazine rings is 1. The van der Waals surface area contributed by atoms with E-state index in [-0.39, 0.29) is 22.2 Å². The number of amides is 1.